The Balaban J connectivity index is 2.50. The Bertz CT molecular complexity index is 403. The number of ether oxygens (including phenoxy) is 1. The molecule has 0 saturated carbocycles. The van der Waals surface area contributed by atoms with Gasteiger partial charge in [-0.05, 0) is 17.7 Å². The summed E-state index contributed by atoms with van der Waals surface area (Å²) >= 11 is 0. The van der Waals surface area contributed by atoms with Gasteiger partial charge in [-0.1, -0.05) is 12.1 Å². The van der Waals surface area contributed by atoms with Crippen LogP contribution >= 0.6 is 0 Å². The smallest absolute Gasteiger partial charge is 0.246 e. The van der Waals surface area contributed by atoms with E-state index in [1.54, 1.807) is 31.4 Å². The van der Waals surface area contributed by atoms with Gasteiger partial charge in [0, 0.05) is 6.54 Å². The fourth-order valence-electron chi connectivity index (χ4n) is 1.17. The zero-order chi connectivity index (χ0) is 12.8. The van der Waals surface area contributed by atoms with Crippen molar-refractivity contribution in [3.8, 4) is 5.75 Å². The van der Waals surface area contributed by atoms with Gasteiger partial charge in [-0.25, -0.2) is 0 Å². The molecule has 0 aromatic heterocycles. The van der Waals surface area contributed by atoms with E-state index in [0.29, 0.717) is 0 Å². The quantitative estimate of drug-likeness (QED) is 0.578. The molecule has 17 heavy (non-hydrogen) atoms. The van der Waals surface area contributed by atoms with Crippen molar-refractivity contribution < 1.29 is 14.3 Å². The topological polar surface area (TPSA) is 107 Å². The molecule has 0 heterocycles. The van der Waals surface area contributed by atoms with Gasteiger partial charge in [-0.3, -0.25) is 9.59 Å². The molecule has 0 aliphatic heterocycles. The summed E-state index contributed by atoms with van der Waals surface area (Å²) in [5.41, 5.74) is 11.0. The van der Waals surface area contributed by atoms with E-state index in [1.807, 2.05) is 0 Å². The second-order valence-electron chi connectivity index (χ2n) is 3.45. The minimum atomic E-state index is -1.31. The van der Waals surface area contributed by atoms with Crippen LogP contribution in [0.25, 0.3) is 0 Å². The molecular formula is C11H15N3O3. The molecule has 1 aromatic carbocycles. The van der Waals surface area contributed by atoms with Gasteiger partial charge < -0.3 is 21.5 Å². The van der Waals surface area contributed by atoms with E-state index < -0.39 is 17.9 Å². The minimum Gasteiger partial charge on any atom is -0.497 e. The normalized spacial score (nSPS) is 11.6. The van der Waals surface area contributed by atoms with Crippen molar-refractivity contribution in [1.29, 1.82) is 0 Å². The SMILES string of the molecule is COc1ccc(CNC(=O)C(N)C(N)=O)cc1. The largest absolute Gasteiger partial charge is 0.497 e. The van der Waals surface area contributed by atoms with Crippen LogP contribution in [0.5, 0.6) is 5.75 Å². The van der Waals surface area contributed by atoms with Gasteiger partial charge in [-0.15, -0.1) is 0 Å². The van der Waals surface area contributed by atoms with E-state index in [-0.39, 0.29) is 6.54 Å². The molecule has 92 valence electrons. The van der Waals surface area contributed by atoms with Crippen molar-refractivity contribution in [1.82, 2.24) is 5.32 Å². The number of nitrogens with one attached hydrogen (secondary N) is 1. The van der Waals surface area contributed by atoms with Crippen LogP contribution < -0.4 is 21.5 Å². The lowest BCUT2D eigenvalue weighted by atomic mass is 10.2. The lowest BCUT2D eigenvalue weighted by Crippen LogP contribution is -2.48. The maximum atomic E-state index is 11.3. The number of methoxy groups -OCH3 is 1. The molecule has 1 aromatic rings. The molecule has 0 aliphatic carbocycles. The maximum absolute atomic E-state index is 11.3. The van der Waals surface area contributed by atoms with Crippen molar-refractivity contribution in [2.75, 3.05) is 7.11 Å². The zero-order valence-electron chi connectivity index (χ0n) is 9.47. The minimum absolute atomic E-state index is 0.282. The summed E-state index contributed by atoms with van der Waals surface area (Å²) in [6.07, 6.45) is 0. The van der Waals surface area contributed by atoms with Crippen LogP contribution in [0.3, 0.4) is 0 Å². The lowest BCUT2D eigenvalue weighted by Gasteiger charge is -2.09. The highest BCUT2D eigenvalue weighted by Crippen LogP contribution is 2.10. The molecule has 6 heteroatoms. The van der Waals surface area contributed by atoms with Gasteiger partial charge in [0.1, 0.15) is 5.75 Å². The lowest BCUT2D eigenvalue weighted by molar-refractivity contribution is -0.129. The number of nitrogens with two attached hydrogens (primary N) is 2. The first-order chi connectivity index (χ1) is 8.04. The number of primary amides is 1. The van der Waals surface area contributed by atoms with Crippen LogP contribution in [0.1, 0.15) is 5.56 Å². The molecule has 1 unspecified atom stereocenters. The molecule has 0 saturated heterocycles. The molecule has 0 fully saturated rings. The molecule has 0 radical (unpaired) electrons. The monoisotopic (exact) mass is 237 g/mol. The second kappa shape index (κ2) is 5.86. The average Bonchev–Trinajstić information content (AvgIpc) is 2.35. The molecule has 0 bridgehead atoms. The summed E-state index contributed by atoms with van der Waals surface area (Å²) in [6.45, 7) is 0.282. The van der Waals surface area contributed by atoms with Crippen molar-refractivity contribution in [2.45, 2.75) is 12.6 Å². The van der Waals surface area contributed by atoms with E-state index in [1.165, 1.54) is 0 Å². The van der Waals surface area contributed by atoms with Crippen molar-refractivity contribution in [3.63, 3.8) is 0 Å². The number of rotatable bonds is 5. The number of amides is 2. The van der Waals surface area contributed by atoms with E-state index in [0.717, 1.165) is 11.3 Å². The van der Waals surface area contributed by atoms with Crippen molar-refractivity contribution in [2.24, 2.45) is 11.5 Å². The molecule has 0 spiro atoms. The third-order valence-electron chi connectivity index (χ3n) is 2.21. The summed E-state index contributed by atoms with van der Waals surface area (Å²) in [5, 5.41) is 2.51. The van der Waals surface area contributed by atoms with Gasteiger partial charge in [0.2, 0.25) is 11.8 Å². The fourth-order valence-corrected chi connectivity index (χ4v) is 1.17. The van der Waals surface area contributed by atoms with E-state index in [9.17, 15) is 9.59 Å². The molecule has 1 rings (SSSR count). The Morgan fingerprint density at radius 2 is 1.94 bits per heavy atom. The maximum Gasteiger partial charge on any atom is 0.246 e. The summed E-state index contributed by atoms with van der Waals surface area (Å²) in [7, 11) is 1.57. The molecule has 1 atom stereocenters. The number of carbonyl (C=O) groups excluding carboxylic acids is 2. The Morgan fingerprint density at radius 1 is 1.35 bits per heavy atom. The first-order valence-electron chi connectivity index (χ1n) is 5.00. The van der Waals surface area contributed by atoms with Crippen LogP contribution in [0, 0.1) is 0 Å². The van der Waals surface area contributed by atoms with Crippen LogP contribution in [-0.2, 0) is 16.1 Å². The summed E-state index contributed by atoms with van der Waals surface area (Å²) in [5.74, 6) is -0.709. The molecule has 2 amide bonds. The van der Waals surface area contributed by atoms with Gasteiger partial charge >= 0.3 is 0 Å². The van der Waals surface area contributed by atoms with Crippen molar-refractivity contribution in [3.05, 3.63) is 29.8 Å². The fraction of sp³-hybridized carbons (Fsp3) is 0.273. The highest BCUT2D eigenvalue weighted by atomic mass is 16.5. The number of carbonyl (C=O) groups is 2. The highest BCUT2D eigenvalue weighted by molar-refractivity contribution is 6.03. The first kappa shape index (κ1) is 13.0. The van der Waals surface area contributed by atoms with Crippen LogP contribution in [0.2, 0.25) is 0 Å². The first-order valence-corrected chi connectivity index (χ1v) is 5.00. The van der Waals surface area contributed by atoms with Crippen molar-refractivity contribution >= 4 is 11.8 Å². The van der Waals surface area contributed by atoms with Gasteiger partial charge in [0.05, 0.1) is 7.11 Å². The van der Waals surface area contributed by atoms with Gasteiger partial charge in [0.15, 0.2) is 6.04 Å². The summed E-state index contributed by atoms with van der Waals surface area (Å²) < 4.78 is 5.00. The molecule has 5 N–H and O–H groups in total. The average molecular weight is 237 g/mol. The third kappa shape index (κ3) is 3.76. The third-order valence-corrected chi connectivity index (χ3v) is 2.21. The number of hydrogen-bond acceptors (Lipinski definition) is 4. The van der Waals surface area contributed by atoms with Gasteiger partial charge in [-0.2, -0.15) is 0 Å². The Hall–Kier alpha value is -2.08. The van der Waals surface area contributed by atoms with Gasteiger partial charge in [0.25, 0.3) is 0 Å². The summed E-state index contributed by atoms with van der Waals surface area (Å²) in [6, 6.07) is 5.84. The summed E-state index contributed by atoms with van der Waals surface area (Å²) in [4.78, 5) is 22.0. The Morgan fingerprint density at radius 3 is 2.41 bits per heavy atom. The van der Waals surface area contributed by atoms with E-state index in [2.05, 4.69) is 5.32 Å². The number of benzene rings is 1. The number of hydrogen-bond donors (Lipinski definition) is 3. The van der Waals surface area contributed by atoms with Crippen LogP contribution in [0.4, 0.5) is 0 Å². The van der Waals surface area contributed by atoms with E-state index in [4.69, 9.17) is 16.2 Å². The molecule has 6 nitrogen and oxygen atoms in total. The molecule has 0 aliphatic rings. The second-order valence-corrected chi connectivity index (χ2v) is 3.45. The zero-order valence-corrected chi connectivity index (χ0v) is 9.47. The highest BCUT2D eigenvalue weighted by Gasteiger charge is 2.18. The Kier molecular flexibility index (Phi) is 4.47. The molecular weight excluding hydrogens is 222 g/mol. The predicted octanol–water partition coefficient (Wildman–Crippen LogP) is -0.876. The van der Waals surface area contributed by atoms with Crippen LogP contribution in [-0.4, -0.2) is 25.0 Å². The standard InChI is InChI=1S/C11H15N3O3/c1-17-8-4-2-7(3-5-8)6-14-11(16)9(12)10(13)15/h2-5,9H,6,12H2,1H3,(H2,13,15)(H,14,16). The Labute approximate surface area is 98.9 Å². The predicted molar refractivity (Wildman–Crippen MR) is 62.0 cm³/mol. The van der Waals surface area contributed by atoms with Crippen LogP contribution in [0.15, 0.2) is 24.3 Å². The van der Waals surface area contributed by atoms with E-state index >= 15 is 0 Å².